The third-order valence-electron chi connectivity index (χ3n) is 5.42. The van der Waals surface area contributed by atoms with E-state index in [1.165, 1.54) is 11.3 Å². The van der Waals surface area contributed by atoms with Crippen LogP contribution in [0.2, 0.25) is 0 Å². The summed E-state index contributed by atoms with van der Waals surface area (Å²) >= 11 is 1.80. The van der Waals surface area contributed by atoms with Crippen LogP contribution >= 0.6 is 11.8 Å². The highest BCUT2D eigenvalue weighted by molar-refractivity contribution is 7.97. The Morgan fingerprint density at radius 1 is 1.30 bits per heavy atom. The quantitative estimate of drug-likeness (QED) is 0.536. The van der Waals surface area contributed by atoms with Crippen LogP contribution < -0.4 is 21.3 Å². The summed E-state index contributed by atoms with van der Waals surface area (Å²) in [6.45, 7) is 1.81. The standard InChI is InChI=1S/C21H24N8S/c1-30-12-13-6-17(4-5-18(13)28-10-15(23)11-28)25-19-7-20(26-16-2-3-16)29-21(27-19)14(8-22)9-24-29/h4-7,9,15-16,26H,2-3,10-12,23H2,1H3,(H,25,27). The summed E-state index contributed by atoms with van der Waals surface area (Å²) in [5.74, 6) is 2.47. The molecule has 0 bridgehead atoms. The maximum Gasteiger partial charge on any atom is 0.177 e. The lowest BCUT2D eigenvalue weighted by Crippen LogP contribution is -2.56. The highest BCUT2D eigenvalue weighted by Crippen LogP contribution is 2.32. The minimum atomic E-state index is 0.267. The fourth-order valence-electron chi connectivity index (χ4n) is 3.75. The first-order chi connectivity index (χ1) is 14.6. The molecule has 0 atom stereocenters. The average Bonchev–Trinajstić information content (AvgIpc) is 3.43. The van der Waals surface area contributed by atoms with Crippen LogP contribution in [0.3, 0.4) is 0 Å². The topological polar surface area (TPSA) is 107 Å². The molecular formula is C21H24N8S. The van der Waals surface area contributed by atoms with Gasteiger partial charge >= 0.3 is 0 Å². The van der Waals surface area contributed by atoms with Gasteiger partial charge in [0.15, 0.2) is 5.65 Å². The summed E-state index contributed by atoms with van der Waals surface area (Å²) in [6.07, 6.45) is 5.98. The number of nitriles is 1. The molecule has 1 aliphatic heterocycles. The largest absolute Gasteiger partial charge is 0.368 e. The Hall–Kier alpha value is -2.96. The molecule has 0 amide bonds. The van der Waals surface area contributed by atoms with Gasteiger partial charge in [-0.1, -0.05) is 0 Å². The number of hydrogen-bond donors (Lipinski definition) is 3. The van der Waals surface area contributed by atoms with E-state index in [1.54, 1.807) is 22.5 Å². The van der Waals surface area contributed by atoms with Gasteiger partial charge < -0.3 is 21.3 Å². The zero-order chi connectivity index (χ0) is 20.7. The average molecular weight is 421 g/mol. The minimum absolute atomic E-state index is 0.267. The number of aromatic nitrogens is 3. The Balaban J connectivity index is 1.47. The highest BCUT2D eigenvalue weighted by atomic mass is 32.2. The molecule has 0 unspecified atom stereocenters. The summed E-state index contributed by atoms with van der Waals surface area (Å²) in [6, 6.07) is 11.3. The zero-order valence-corrected chi connectivity index (χ0v) is 17.6. The van der Waals surface area contributed by atoms with Crippen LogP contribution in [0.15, 0.2) is 30.5 Å². The van der Waals surface area contributed by atoms with Crippen molar-refractivity contribution in [2.24, 2.45) is 5.73 Å². The Morgan fingerprint density at radius 3 is 2.83 bits per heavy atom. The van der Waals surface area contributed by atoms with Gasteiger partial charge in [0.25, 0.3) is 0 Å². The van der Waals surface area contributed by atoms with E-state index in [2.05, 4.69) is 56.1 Å². The SMILES string of the molecule is CSCc1cc(Nc2cc(NC3CC3)n3ncc(C#N)c3n2)ccc1N1CC(N)C1. The molecule has 1 saturated carbocycles. The van der Waals surface area contributed by atoms with Crippen LogP contribution in [0.4, 0.5) is 23.0 Å². The summed E-state index contributed by atoms with van der Waals surface area (Å²) in [5, 5.41) is 20.7. The monoisotopic (exact) mass is 420 g/mol. The molecule has 2 aromatic heterocycles. The molecule has 154 valence electrons. The second kappa shape index (κ2) is 7.70. The first-order valence-electron chi connectivity index (χ1n) is 10.1. The fourth-order valence-corrected chi connectivity index (χ4v) is 4.29. The first-order valence-corrected chi connectivity index (χ1v) is 11.5. The Bertz CT molecular complexity index is 1120. The lowest BCUT2D eigenvalue weighted by Gasteiger charge is -2.40. The third kappa shape index (κ3) is 3.64. The molecule has 0 radical (unpaired) electrons. The van der Waals surface area contributed by atoms with Crippen molar-refractivity contribution in [3.63, 3.8) is 0 Å². The number of thioether (sulfide) groups is 1. The van der Waals surface area contributed by atoms with Crippen LogP contribution in [-0.2, 0) is 5.75 Å². The molecule has 4 N–H and O–H groups in total. The molecule has 1 saturated heterocycles. The van der Waals surface area contributed by atoms with E-state index in [4.69, 9.17) is 5.73 Å². The molecule has 3 aromatic rings. The predicted octanol–water partition coefficient (Wildman–Crippen LogP) is 2.93. The number of fused-ring (bicyclic) bond motifs is 1. The smallest absolute Gasteiger partial charge is 0.177 e. The molecule has 3 heterocycles. The van der Waals surface area contributed by atoms with Crippen molar-refractivity contribution >= 4 is 40.4 Å². The Morgan fingerprint density at radius 2 is 2.13 bits per heavy atom. The Labute approximate surface area is 179 Å². The molecule has 2 aliphatic rings. The van der Waals surface area contributed by atoms with Crippen LogP contribution in [0.1, 0.15) is 24.0 Å². The van der Waals surface area contributed by atoms with Crippen molar-refractivity contribution in [1.29, 1.82) is 5.26 Å². The van der Waals surface area contributed by atoms with Gasteiger partial charge in [-0.05, 0) is 42.9 Å². The van der Waals surface area contributed by atoms with Gasteiger partial charge in [-0.15, -0.1) is 0 Å². The molecule has 9 heteroatoms. The van der Waals surface area contributed by atoms with Crippen LogP contribution in [0.5, 0.6) is 0 Å². The van der Waals surface area contributed by atoms with E-state index in [-0.39, 0.29) is 6.04 Å². The number of anilines is 4. The second-order valence-electron chi connectivity index (χ2n) is 7.92. The molecule has 0 spiro atoms. The van der Waals surface area contributed by atoms with Crippen molar-refractivity contribution < 1.29 is 0 Å². The fraction of sp³-hybridized carbons (Fsp3) is 0.381. The van der Waals surface area contributed by atoms with Crippen LogP contribution in [0, 0.1) is 11.3 Å². The lowest BCUT2D eigenvalue weighted by molar-refractivity contribution is 0.518. The van der Waals surface area contributed by atoms with Gasteiger partial charge in [-0.25, -0.2) is 4.98 Å². The minimum Gasteiger partial charge on any atom is -0.368 e. The molecular weight excluding hydrogens is 396 g/mol. The number of rotatable bonds is 7. The highest BCUT2D eigenvalue weighted by Gasteiger charge is 2.25. The maximum atomic E-state index is 9.42. The Kier molecular flexibility index (Phi) is 4.89. The zero-order valence-electron chi connectivity index (χ0n) is 16.8. The molecule has 1 aromatic carbocycles. The van der Waals surface area contributed by atoms with Crippen LogP contribution in [-0.4, -0.2) is 46.0 Å². The van der Waals surface area contributed by atoms with Crippen molar-refractivity contribution in [1.82, 2.24) is 14.6 Å². The molecule has 30 heavy (non-hydrogen) atoms. The van der Waals surface area contributed by atoms with Crippen LogP contribution in [0.25, 0.3) is 5.65 Å². The number of benzene rings is 1. The number of hydrogen-bond acceptors (Lipinski definition) is 8. The molecule has 1 aliphatic carbocycles. The van der Waals surface area contributed by atoms with Crippen molar-refractivity contribution in [3.05, 3.63) is 41.6 Å². The normalized spacial score (nSPS) is 16.4. The molecule has 5 rings (SSSR count). The summed E-state index contributed by atoms with van der Waals surface area (Å²) in [4.78, 5) is 6.98. The number of nitrogens with two attached hydrogens (primary N) is 1. The van der Waals surface area contributed by atoms with E-state index >= 15 is 0 Å². The summed E-state index contributed by atoms with van der Waals surface area (Å²) in [7, 11) is 0. The van der Waals surface area contributed by atoms with Gasteiger partial charge in [0.2, 0.25) is 0 Å². The summed E-state index contributed by atoms with van der Waals surface area (Å²) < 4.78 is 1.71. The van der Waals surface area contributed by atoms with Gasteiger partial charge in [0, 0.05) is 48.4 Å². The molecule has 8 nitrogen and oxygen atoms in total. The van der Waals surface area contributed by atoms with E-state index in [1.807, 2.05) is 6.07 Å². The van der Waals surface area contributed by atoms with Crippen molar-refractivity contribution in [2.75, 3.05) is 34.9 Å². The van der Waals surface area contributed by atoms with Crippen molar-refractivity contribution in [2.45, 2.75) is 30.7 Å². The molecule has 2 fully saturated rings. The summed E-state index contributed by atoms with van der Waals surface area (Å²) in [5.41, 5.74) is 10.5. The second-order valence-corrected chi connectivity index (χ2v) is 8.78. The van der Waals surface area contributed by atoms with E-state index < -0.39 is 0 Å². The lowest BCUT2D eigenvalue weighted by atomic mass is 10.1. The van der Waals surface area contributed by atoms with Gasteiger partial charge in [-0.3, -0.25) is 0 Å². The predicted molar refractivity (Wildman–Crippen MR) is 121 cm³/mol. The third-order valence-corrected chi connectivity index (χ3v) is 6.02. The first kappa shape index (κ1) is 19.0. The van der Waals surface area contributed by atoms with Crippen molar-refractivity contribution in [3.8, 4) is 6.07 Å². The van der Waals surface area contributed by atoms with E-state index in [0.717, 1.165) is 43.2 Å². The van der Waals surface area contributed by atoms with Gasteiger partial charge in [-0.2, -0.15) is 26.6 Å². The maximum absolute atomic E-state index is 9.42. The van der Waals surface area contributed by atoms with Gasteiger partial charge in [0.1, 0.15) is 23.3 Å². The number of nitrogens with one attached hydrogen (secondary N) is 2. The van der Waals surface area contributed by atoms with Gasteiger partial charge in [0.05, 0.1) is 6.20 Å². The van der Waals surface area contributed by atoms with E-state index in [9.17, 15) is 5.26 Å². The van der Waals surface area contributed by atoms with E-state index in [0.29, 0.717) is 23.1 Å². The number of nitrogens with zero attached hydrogens (tertiary/aromatic N) is 5.